The first-order valence-electron chi connectivity index (χ1n) is 4.44. The van der Waals surface area contributed by atoms with Crippen molar-refractivity contribution in [3.05, 3.63) is 23.8 Å². The summed E-state index contributed by atoms with van der Waals surface area (Å²) in [4.78, 5) is 10.8. The number of carbonyl (C=O) groups excluding carboxylic acids is 1. The molecule has 0 spiro atoms. The normalized spacial score (nSPS) is 12.4. The van der Waals surface area contributed by atoms with Crippen LogP contribution >= 0.6 is 0 Å². The Hall–Kier alpha value is -1.71. The summed E-state index contributed by atoms with van der Waals surface area (Å²) in [5.41, 5.74) is 18.4. The van der Waals surface area contributed by atoms with Crippen molar-refractivity contribution in [3.63, 3.8) is 0 Å². The number of amides is 1. The third-order valence-electron chi connectivity index (χ3n) is 2.18. The maximum Gasteiger partial charge on any atom is 0.220 e. The Morgan fingerprint density at radius 1 is 1.36 bits per heavy atom. The van der Waals surface area contributed by atoms with Crippen LogP contribution in [0.1, 0.15) is 12.5 Å². The molecule has 0 aromatic heterocycles. The summed E-state index contributed by atoms with van der Waals surface area (Å²) >= 11 is 0. The Morgan fingerprint density at radius 3 is 2.50 bits per heavy atom. The maximum absolute atomic E-state index is 10.8. The van der Waals surface area contributed by atoms with Crippen molar-refractivity contribution in [2.75, 3.05) is 11.5 Å². The maximum atomic E-state index is 10.8. The standard InChI is InChI=1S/C10H15N3O/c1-6(10(13)14)4-7-2-3-8(11)9(12)5-7/h2-3,5-6H,4,11-12H2,1H3,(H2,13,14)/t6-/m1/s1. The third kappa shape index (κ3) is 2.39. The zero-order valence-electron chi connectivity index (χ0n) is 8.16. The molecule has 6 N–H and O–H groups in total. The Morgan fingerprint density at radius 2 is 2.00 bits per heavy atom. The summed E-state index contributed by atoms with van der Waals surface area (Å²) in [5.74, 6) is -0.488. The van der Waals surface area contributed by atoms with E-state index in [1.54, 1.807) is 19.1 Å². The molecule has 1 aromatic carbocycles. The highest BCUT2D eigenvalue weighted by Gasteiger charge is 2.09. The number of benzene rings is 1. The van der Waals surface area contributed by atoms with Crippen LogP contribution in [0.25, 0.3) is 0 Å². The molecule has 0 aliphatic carbocycles. The molecule has 0 bridgehead atoms. The number of rotatable bonds is 3. The minimum absolute atomic E-state index is 0.182. The number of nitrogen functional groups attached to an aromatic ring is 2. The van der Waals surface area contributed by atoms with Crippen LogP contribution in [-0.2, 0) is 11.2 Å². The van der Waals surface area contributed by atoms with E-state index in [1.807, 2.05) is 6.07 Å². The van der Waals surface area contributed by atoms with E-state index < -0.39 is 0 Å². The zero-order chi connectivity index (χ0) is 10.7. The van der Waals surface area contributed by atoms with E-state index in [9.17, 15) is 4.79 Å². The molecule has 1 amide bonds. The van der Waals surface area contributed by atoms with Crippen molar-refractivity contribution < 1.29 is 4.79 Å². The Balaban J connectivity index is 2.78. The smallest absolute Gasteiger partial charge is 0.220 e. The van der Waals surface area contributed by atoms with E-state index >= 15 is 0 Å². The largest absolute Gasteiger partial charge is 0.397 e. The van der Waals surface area contributed by atoms with Gasteiger partial charge in [0.1, 0.15) is 0 Å². The van der Waals surface area contributed by atoms with Gasteiger partial charge in [-0.1, -0.05) is 13.0 Å². The summed E-state index contributed by atoms with van der Waals surface area (Å²) in [6.07, 6.45) is 0.597. The van der Waals surface area contributed by atoms with Gasteiger partial charge in [0, 0.05) is 5.92 Å². The summed E-state index contributed by atoms with van der Waals surface area (Å²) < 4.78 is 0. The highest BCUT2D eigenvalue weighted by Crippen LogP contribution is 2.18. The van der Waals surface area contributed by atoms with Gasteiger partial charge in [-0.15, -0.1) is 0 Å². The fourth-order valence-electron chi connectivity index (χ4n) is 1.21. The van der Waals surface area contributed by atoms with Gasteiger partial charge in [0.2, 0.25) is 5.91 Å². The van der Waals surface area contributed by atoms with Gasteiger partial charge in [-0.05, 0) is 24.1 Å². The fourth-order valence-corrected chi connectivity index (χ4v) is 1.21. The average Bonchev–Trinajstić information content (AvgIpc) is 2.11. The highest BCUT2D eigenvalue weighted by molar-refractivity contribution is 5.76. The van der Waals surface area contributed by atoms with E-state index in [-0.39, 0.29) is 11.8 Å². The number of hydrogen-bond donors (Lipinski definition) is 3. The molecule has 0 aliphatic heterocycles. The number of anilines is 2. The molecular formula is C10H15N3O. The van der Waals surface area contributed by atoms with Gasteiger partial charge in [0.05, 0.1) is 11.4 Å². The molecule has 0 saturated heterocycles. The zero-order valence-corrected chi connectivity index (χ0v) is 8.16. The molecule has 0 saturated carbocycles. The van der Waals surface area contributed by atoms with E-state index in [1.165, 1.54) is 0 Å². The van der Waals surface area contributed by atoms with Crippen LogP contribution in [0, 0.1) is 5.92 Å². The highest BCUT2D eigenvalue weighted by atomic mass is 16.1. The van der Waals surface area contributed by atoms with E-state index in [0.717, 1.165) is 5.56 Å². The number of hydrogen-bond acceptors (Lipinski definition) is 3. The van der Waals surface area contributed by atoms with E-state index in [2.05, 4.69) is 0 Å². The molecule has 1 aromatic rings. The summed E-state index contributed by atoms with van der Waals surface area (Å²) in [6.45, 7) is 1.79. The molecule has 0 unspecified atom stereocenters. The van der Waals surface area contributed by atoms with Gasteiger partial charge >= 0.3 is 0 Å². The average molecular weight is 193 g/mol. The molecule has 4 nitrogen and oxygen atoms in total. The van der Waals surface area contributed by atoms with Crippen LogP contribution in [0.2, 0.25) is 0 Å². The van der Waals surface area contributed by atoms with Crippen molar-refractivity contribution in [1.29, 1.82) is 0 Å². The van der Waals surface area contributed by atoms with Crippen molar-refractivity contribution in [1.82, 2.24) is 0 Å². The monoisotopic (exact) mass is 193 g/mol. The second-order valence-corrected chi connectivity index (χ2v) is 3.47. The van der Waals surface area contributed by atoms with Crippen LogP contribution in [0.4, 0.5) is 11.4 Å². The Labute approximate surface area is 83.1 Å². The van der Waals surface area contributed by atoms with Crippen molar-refractivity contribution in [3.8, 4) is 0 Å². The lowest BCUT2D eigenvalue weighted by atomic mass is 10.00. The number of primary amides is 1. The van der Waals surface area contributed by atoms with Gasteiger partial charge in [-0.25, -0.2) is 0 Å². The van der Waals surface area contributed by atoms with Crippen LogP contribution in [-0.4, -0.2) is 5.91 Å². The SMILES string of the molecule is C[C@H](Cc1ccc(N)c(N)c1)C(N)=O. The van der Waals surface area contributed by atoms with Gasteiger partial charge in [0.15, 0.2) is 0 Å². The van der Waals surface area contributed by atoms with Crippen molar-refractivity contribution in [2.24, 2.45) is 11.7 Å². The van der Waals surface area contributed by atoms with E-state index in [4.69, 9.17) is 17.2 Å². The quantitative estimate of drug-likeness (QED) is 0.610. The lowest BCUT2D eigenvalue weighted by Crippen LogP contribution is -2.22. The lowest BCUT2D eigenvalue weighted by molar-refractivity contribution is -0.121. The minimum Gasteiger partial charge on any atom is -0.397 e. The molecule has 76 valence electrons. The summed E-state index contributed by atoms with van der Waals surface area (Å²) in [6, 6.07) is 5.36. The third-order valence-corrected chi connectivity index (χ3v) is 2.18. The molecule has 14 heavy (non-hydrogen) atoms. The molecule has 1 atom stereocenters. The first kappa shape index (κ1) is 10.4. The van der Waals surface area contributed by atoms with Gasteiger partial charge < -0.3 is 17.2 Å². The van der Waals surface area contributed by atoms with Crippen molar-refractivity contribution in [2.45, 2.75) is 13.3 Å². The van der Waals surface area contributed by atoms with Crippen LogP contribution in [0.15, 0.2) is 18.2 Å². The second-order valence-electron chi connectivity index (χ2n) is 3.47. The Kier molecular flexibility index (Phi) is 2.96. The van der Waals surface area contributed by atoms with Crippen LogP contribution in [0.5, 0.6) is 0 Å². The predicted molar refractivity (Wildman–Crippen MR) is 57.3 cm³/mol. The molecule has 0 aliphatic rings. The first-order chi connectivity index (χ1) is 6.50. The van der Waals surface area contributed by atoms with Gasteiger partial charge in [0.25, 0.3) is 0 Å². The molecule has 4 heteroatoms. The minimum atomic E-state index is -0.305. The Bertz CT molecular complexity index is 349. The van der Waals surface area contributed by atoms with E-state index in [0.29, 0.717) is 17.8 Å². The van der Waals surface area contributed by atoms with Crippen molar-refractivity contribution >= 4 is 17.3 Å². The topological polar surface area (TPSA) is 95.1 Å². The second kappa shape index (κ2) is 4.00. The predicted octanol–water partition coefficient (Wildman–Crippen LogP) is 0.515. The molecule has 0 heterocycles. The molecular weight excluding hydrogens is 178 g/mol. The van der Waals surface area contributed by atoms with Crippen LogP contribution < -0.4 is 17.2 Å². The lowest BCUT2D eigenvalue weighted by Gasteiger charge is -2.08. The van der Waals surface area contributed by atoms with Crippen LogP contribution in [0.3, 0.4) is 0 Å². The fraction of sp³-hybridized carbons (Fsp3) is 0.300. The summed E-state index contributed by atoms with van der Waals surface area (Å²) in [7, 11) is 0. The molecule has 1 rings (SSSR count). The first-order valence-corrected chi connectivity index (χ1v) is 4.44. The molecule has 0 radical (unpaired) electrons. The van der Waals surface area contributed by atoms with Gasteiger partial charge in [-0.2, -0.15) is 0 Å². The summed E-state index contributed by atoms with van der Waals surface area (Å²) in [5, 5.41) is 0. The number of nitrogens with two attached hydrogens (primary N) is 3. The van der Waals surface area contributed by atoms with Gasteiger partial charge in [-0.3, -0.25) is 4.79 Å². The number of carbonyl (C=O) groups is 1. The molecule has 0 fully saturated rings.